The Labute approximate surface area is 109 Å². The van der Waals surface area contributed by atoms with Gasteiger partial charge >= 0.3 is 0 Å². The summed E-state index contributed by atoms with van der Waals surface area (Å²) in [6.45, 7) is 4.72. The van der Waals surface area contributed by atoms with Crippen LogP contribution in [0.2, 0.25) is 0 Å². The van der Waals surface area contributed by atoms with Gasteiger partial charge in [0.1, 0.15) is 0 Å². The highest BCUT2D eigenvalue weighted by molar-refractivity contribution is 5.80. The van der Waals surface area contributed by atoms with Crippen molar-refractivity contribution in [3.8, 4) is 0 Å². The largest absolute Gasteiger partial charge is 0.354 e. The smallest absolute Gasteiger partial charge is 0.223 e. The van der Waals surface area contributed by atoms with Gasteiger partial charge in [-0.25, -0.2) is 0 Å². The summed E-state index contributed by atoms with van der Waals surface area (Å²) in [7, 11) is 0. The van der Waals surface area contributed by atoms with Crippen molar-refractivity contribution in [3.63, 3.8) is 0 Å². The molecule has 0 aromatic heterocycles. The van der Waals surface area contributed by atoms with Gasteiger partial charge in [0, 0.05) is 18.5 Å². The first kappa shape index (κ1) is 13.1. The van der Waals surface area contributed by atoms with Crippen LogP contribution in [0.3, 0.4) is 0 Å². The number of nitrogens with one attached hydrogen (secondary N) is 1. The lowest BCUT2D eigenvalue weighted by Crippen LogP contribution is -2.42. The van der Waals surface area contributed by atoms with Crippen LogP contribution in [-0.4, -0.2) is 18.5 Å². The number of carbonyl (C=O) groups is 1. The van der Waals surface area contributed by atoms with Crippen molar-refractivity contribution >= 4 is 5.91 Å². The fraction of sp³-hybridized carbons (Fsp3) is 0.533. The Balaban J connectivity index is 1.86. The summed E-state index contributed by atoms with van der Waals surface area (Å²) in [6, 6.07) is 8.34. The maximum Gasteiger partial charge on any atom is 0.223 e. The van der Waals surface area contributed by atoms with Gasteiger partial charge in [0.15, 0.2) is 0 Å². The van der Waals surface area contributed by atoms with Crippen molar-refractivity contribution in [3.05, 3.63) is 35.4 Å². The number of amides is 1. The van der Waals surface area contributed by atoms with Gasteiger partial charge in [-0.1, -0.05) is 38.1 Å². The first-order valence-corrected chi connectivity index (χ1v) is 6.68. The van der Waals surface area contributed by atoms with E-state index in [2.05, 4.69) is 31.3 Å². The van der Waals surface area contributed by atoms with Crippen LogP contribution in [-0.2, 0) is 17.6 Å². The number of benzene rings is 1. The Kier molecular flexibility index (Phi) is 4.02. The van der Waals surface area contributed by atoms with Crippen LogP contribution in [0.1, 0.15) is 25.0 Å². The summed E-state index contributed by atoms with van der Waals surface area (Å²) in [5.41, 5.74) is 8.55. The van der Waals surface area contributed by atoms with Gasteiger partial charge in [-0.05, 0) is 29.9 Å². The molecule has 1 unspecified atom stereocenters. The van der Waals surface area contributed by atoms with E-state index in [0.717, 1.165) is 12.8 Å². The van der Waals surface area contributed by atoms with Gasteiger partial charge in [-0.3, -0.25) is 4.79 Å². The molecular weight excluding hydrogens is 224 g/mol. The molecule has 1 aromatic carbocycles. The second-order valence-corrected chi connectivity index (χ2v) is 5.53. The number of nitrogens with two attached hydrogens (primary N) is 1. The zero-order valence-electron chi connectivity index (χ0n) is 11.1. The summed E-state index contributed by atoms with van der Waals surface area (Å²) in [6.07, 6.45) is 1.72. The molecule has 1 atom stereocenters. The number of hydrogen-bond acceptors (Lipinski definition) is 2. The highest BCUT2D eigenvalue weighted by Crippen LogP contribution is 2.26. The highest BCUT2D eigenvalue weighted by Gasteiger charge is 2.27. The molecule has 0 fully saturated rings. The van der Waals surface area contributed by atoms with Crippen LogP contribution in [0, 0.1) is 11.8 Å². The molecule has 1 aliphatic rings. The molecule has 3 N–H and O–H groups in total. The van der Waals surface area contributed by atoms with Crippen molar-refractivity contribution in [2.45, 2.75) is 32.7 Å². The molecule has 1 amide bonds. The summed E-state index contributed by atoms with van der Waals surface area (Å²) < 4.78 is 0. The fourth-order valence-corrected chi connectivity index (χ4v) is 2.34. The zero-order valence-corrected chi connectivity index (χ0v) is 11.1. The topological polar surface area (TPSA) is 55.1 Å². The summed E-state index contributed by atoms with van der Waals surface area (Å²) in [5, 5.41) is 2.98. The maximum atomic E-state index is 12.1. The van der Waals surface area contributed by atoms with E-state index in [9.17, 15) is 4.79 Å². The third-order valence-electron chi connectivity index (χ3n) is 3.79. The van der Waals surface area contributed by atoms with Gasteiger partial charge in [0.2, 0.25) is 5.91 Å². The minimum atomic E-state index is 0.0396. The van der Waals surface area contributed by atoms with Crippen LogP contribution in [0.4, 0.5) is 0 Å². The first-order valence-electron chi connectivity index (χ1n) is 6.68. The van der Waals surface area contributed by atoms with Gasteiger partial charge in [0.25, 0.3) is 0 Å². The molecule has 2 rings (SSSR count). The Morgan fingerprint density at radius 1 is 1.33 bits per heavy atom. The van der Waals surface area contributed by atoms with Crippen LogP contribution in [0.25, 0.3) is 0 Å². The molecule has 0 bridgehead atoms. The van der Waals surface area contributed by atoms with Crippen molar-refractivity contribution in [1.29, 1.82) is 0 Å². The van der Waals surface area contributed by atoms with Gasteiger partial charge < -0.3 is 11.1 Å². The monoisotopic (exact) mass is 246 g/mol. The van der Waals surface area contributed by atoms with Gasteiger partial charge in [-0.15, -0.1) is 0 Å². The normalized spacial score (nSPS) is 16.7. The molecule has 18 heavy (non-hydrogen) atoms. The van der Waals surface area contributed by atoms with Crippen molar-refractivity contribution < 1.29 is 4.79 Å². The Hall–Kier alpha value is -1.35. The van der Waals surface area contributed by atoms with Gasteiger partial charge in [-0.2, -0.15) is 0 Å². The van der Waals surface area contributed by atoms with Crippen LogP contribution in [0.15, 0.2) is 24.3 Å². The molecule has 0 saturated carbocycles. The lowest BCUT2D eigenvalue weighted by molar-refractivity contribution is -0.124. The van der Waals surface area contributed by atoms with E-state index in [0.29, 0.717) is 12.5 Å². The molecule has 98 valence electrons. The van der Waals surface area contributed by atoms with E-state index < -0.39 is 0 Å². The lowest BCUT2D eigenvalue weighted by Gasteiger charge is -2.17. The molecule has 1 aliphatic carbocycles. The average molecular weight is 246 g/mol. The van der Waals surface area contributed by atoms with Crippen LogP contribution < -0.4 is 11.1 Å². The highest BCUT2D eigenvalue weighted by atomic mass is 16.1. The minimum Gasteiger partial charge on any atom is -0.354 e. The number of hydrogen-bond donors (Lipinski definition) is 2. The Bertz CT molecular complexity index is 403. The van der Waals surface area contributed by atoms with E-state index in [1.807, 2.05) is 12.1 Å². The number of rotatable bonds is 4. The third-order valence-corrected chi connectivity index (χ3v) is 3.79. The third kappa shape index (κ3) is 2.91. The van der Waals surface area contributed by atoms with Crippen molar-refractivity contribution in [2.24, 2.45) is 17.6 Å². The van der Waals surface area contributed by atoms with E-state index in [1.54, 1.807) is 0 Å². The predicted molar refractivity (Wildman–Crippen MR) is 73.2 cm³/mol. The molecule has 3 heteroatoms. The molecular formula is C15H22N2O. The predicted octanol–water partition coefficient (Wildman–Crippen LogP) is 1.50. The van der Waals surface area contributed by atoms with E-state index in [1.165, 1.54) is 11.1 Å². The Morgan fingerprint density at radius 3 is 2.39 bits per heavy atom. The van der Waals surface area contributed by atoms with E-state index in [-0.39, 0.29) is 17.9 Å². The molecule has 0 radical (unpaired) electrons. The summed E-state index contributed by atoms with van der Waals surface area (Å²) in [5.74, 6) is 0.620. The number of fused-ring (bicyclic) bond motifs is 1. The molecule has 1 aromatic rings. The van der Waals surface area contributed by atoms with Crippen molar-refractivity contribution in [1.82, 2.24) is 5.32 Å². The van der Waals surface area contributed by atoms with E-state index in [4.69, 9.17) is 5.73 Å². The standard InChI is InChI=1S/C15H22N2O/c1-10(2)14(16)9-17-15(18)13-7-11-5-3-4-6-12(11)8-13/h3-6,10,13-14H,7-9,16H2,1-2H3,(H,17,18). The second kappa shape index (κ2) is 5.53. The number of carbonyl (C=O) groups excluding carboxylic acids is 1. The molecule has 0 saturated heterocycles. The van der Waals surface area contributed by atoms with E-state index >= 15 is 0 Å². The van der Waals surface area contributed by atoms with Crippen molar-refractivity contribution in [2.75, 3.05) is 6.54 Å². The van der Waals surface area contributed by atoms with Crippen LogP contribution in [0.5, 0.6) is 0 Å². The minimum absolute atomic E-state index is 0.0396. The lowest BCUT2D eigenvalue weighted by atomic mass is 10.0. The summed E-state index contributed by atoms with van der Waals surface area (Å²) >= 11 is 0. The zero-order chi connectivity index (χ0) is 13.1. The maximum absolute atomic E-state index is 12.1. The average Bonchev–Trinajstić information content (AvgIpc) is 2.79. The first-order chi connectivity index (χ1) is 8.58. The fourth-order valence-electron chi connectivity index (χ4n) is 2.34. The van der Waals surface area contributed by atoms with Gasteiger partial charge in [0.05, 0.1) is 0 Å². The molecule has 0 heterocycles. The Morgan fingerprint density at radius 2 is 1.89 bits per heavy atom. The second-order valence-electron chi connectivity index (χ2n) is 5.53. The summed E-state index contributed by atoms with van der Waals surface area (Å²) in [4.78, 5) is 12.1. The van der Waals surface area contributed by atoms with Crippen LogP contribution >= 0.6 is 0 Å². The molecule has 0 spiro atoms. The SMILES string of the molecule is CC(C)C(N)CNC(=O)C1Cc2ccccc2C1. The molecule has 3 nitrogen and oxygen atoms in total. The molecule has 0 aliphatic heterocycles. The quantitative estimate of drug-likeness (QED) is 0.846.